The summed E-state index contributed by atoms with van der Waals surface area (Å²) < 4.78 is 54.1. The van der Waals surface area contributed by atoms with E-state index in [0.29, 0.717) is 45.6 Å². The van der Waals surface area contributed by atoms with Gasteiger partial charge in [-0.3, -0.25) is 9.78 Å². The van der Waals surface area contributed by atoms with Crippen molar-refractivity contribution in [2.24, 2.45) is 0 Å². The van der Waals surface area contributed by atoms with Crippen molar-refractivity contribution < 1.29 is 22.4 Å². The van der Waals surface area contributed by atoms with Crippen molar-refractivity contribution in [3.63, 3.8) is 0 Å². The minimum Gasteiger partial charge on any atom is -0.383 e. The fourth-order valence-electron chi connectivity index (χ4n) is 4.56. The largest absolute Gasteiger partial charge is 0.416 e. The molecule has 1 amide bonds. The lowest BCUT2D eigenvalue weighted by molar-refractivity contribution is -0.137. The third kappa shape index (κ3) is 3.44. The average Bonchev–Trinajstić information content (AvgIpc) is 3.21. The minimum absolute atomic E-state index is 0.151. The summed E-state index contributed by atoms with van der Waals surface area (Å²) in [4.78, 5) is 23.0. The van der Waals surface area contributed by atoms with Gasteiger partial charge in [-0.25, -0.2) is 9.37 Å². The highest BCUT2D eigenvalue weighted by molar-refractivity contribution is 6.11. The van der Waals surface area contributed by atoms with E-state index in [-0.39, 0.29) is 11.4 Å². The van der Waals surface area contributed by atoms with Crippen molar-refractivity contribution in [2.45, 2.75) is 25.1 Å². The van der Waals surface area contributed by atoms with Crippen molar-refractivity contribution in [2.75, 3.05) is 12.8 Å². The second-order valence-corrected chi connectivity index (χ2v) is 8.15. The standard InChI is InChI=1S/C24H18F4N4O/c1-32(21-5-2-12-8-13(24(26,27)28)3-4-14(12)21)23(33)17-9-16-18-11-30-7-6-15(18)22(29)31-20(16)10-19(17)25/h3-4,6-11,21H,2,5H2,1H3,(H2,29,31). The van der Waals surface area contributed by atoms with Gasteiger partial charge in [0, 0.05) is 41.7 Å². The molecule has 0 saturated carbocycles. The number of carbonyl (C=O) groups is 1. The zero-order valence-corrected chi connectivity index (χ0v) is 17.4. The zero-order valence-electron chi connectivity index (χ0n) is 17.4. The van der Waals surface area contributed by atoms with E-state index >= 15 is 0 Å². The summed E-state index contributed by atoms with van der Waals surface area (Å²) in [5.41, 5.74) is 6.60. The van der Waals surface area contributed by atoms with Crippen LogP contribution in [0.1, 0.15) is 39.5 Å². The maximum Gasteiger partial charge on any atom is 0.416 e. The first-order valence-corrected chi connectivity index (χ1v) is 10.2. The molecule has 1 aliphatic carbocycles. The SMILES string of the molecule is CN(C(=O)c1cc2c(cc1F)nc(N)c1ccncc12)C1CCc2cc(C(F)(F)F)ccc21. The number of rotatable bonds is 2. The number of pyridine rings is 2. The van der Waals surface area contributed by atoms with E-state index in [2.05, 4.69) is 9.97 Å². The Morgan fingerprint density at radius 3 is 2.67 bits per heavy atom. The van der Waals surface area contributed by atoms with Crippen LogP contribution >= 0.6 is 0 Å². The maximum atomic E-state index is 15.0. The number of carbonyl (C=O) groups excluding carboxylic acids is 1. The normalized spacial score (nSPS) is 15.7. The van der Waals surface area contributed by atoms with Crippen molar-refractivity contribution in [3.05, 3.63) is 76.9 Å². The molecule has 0 saturated heterocycles. The molecule has 4 aromatic rings. The second-order valence-electron chi connectivity index (χ2n) is 8.15. The number of aromatic nitrogens is 2. The second kappa shape index (κ2) is 7.40. The van der Waals surface area contributed by atoms with Crippen LogP contribution in [0.15, 0.2) is 48.8 Å². The van der Waals surface area contributed by atoms with Gasteiger partial charge in [-0.2, -0.15) is 13.2 Å². The number of fused-ring (bicyclic) bond motifs is 4. The van der Waals surface area contributed by atoms with E-state index in [4.69, 9.17) is 5.73 Å². The molecule has 0 radical (unpaired) electrons. The number of nitrogens with zero attached hydrogens (tertiary/aromatic N) is 3. The summed E-state index contributed by atoms with van der Waals surface area (Å²) in [6, 6.07) is 7.38. The molecule has 0 spiro atoms. The van der Waals surface area contributed by atoms with E-state index in [9.17, 15) is 22.4 Å². The van der Waals surface area contributed by atoms with Gasteiger partial charge < -0.3 is 10.6 Å². The molecule has 0 bridgehead atoms. The number of alkyl halides is 3. The Bertz CT molecular complexity index is 1430. The zero-order chi connectivity index (χ0) is 23.5. The van der Waals surface area contributed by atoms with Crippen LogP contribution in [0, 0.1) is 5.82 Å². The van der Waals surface area contributed by atoms with Gasteiger partial charge in [0.15, 0.2) is 0 Å². The Hall–Kier alpha value is -3.75. The fourth-order valence-corrected chi connectivity index (χ4v) is 4.56. The summed E-state index contributed by atoms with van der Waals surface area (Å²) in [5.74, 6) is -1.09. The number of amides is 1. The number of hydrogen-bond acceptors (Lipinski definition) is 4. The highest BCUT2D eigenvalue weighted by Gasteiger charge is 2.35. The van der Waals surface area contributed by atoms with E-state index in [1.807, 2.05) is 0 Å². The van der Waals surface area contributed by atoms with E-state index in [1.54, 1.807) is 18.5 Å². The van der Waals surface area contributed by atoms with Gasteiger partial charge in [-0.1, -0.05) is 6.07 Å². The third-order valence-electron chi connectivity index (χ3n) is 6.25. The van der Waals surface area contributed by atoms with Crippen molar-refractivity contribution >= 4 is 33.4 Å². The molecular weight excluding hydrogens is 436 g/mol. The Morgan fingerprint density at radius 2 is 1.91 bits per heavy atom. The first kappa shape index (κ1) is 21.1. The van der Waals surface area contributed by atoms with Crippen LogP contribution in [0.4, 0.5) is 23.4 Å². The predicted molar refractivity (Wildman–Crippen MR) is 116 cm³/mol. The molecule has 2 heterocycles. The highest BCUT2D eigenvalue weighted by Crippen LogP contribution is 2.40. The number of anilines is 1. The number of hydrogen-bond donors (Lipinski definition) is 1. The van der Waals surface area contributed by atoms with Crippen LogP contribution in [0.5, 0.6) is 0 Å². The summed E-state index contributed by atoms with van der Waals surface area (Å²) in [7, 11) is 1.53. The average molecular weight is 454 g/mol. The molecular formula is C24H18F4N4O. The molecule has 168 valence electrons. The van der Waals surface area contributed by atoms with Crippen molar-refractivity contribution in [1.29, 1.82) is 0 Å². The van der Waals surface area contributed by atoms with Crippen LogP contribution in [0.25, 0.3) is 21.7 Å². The highest BCUT2D eigenvalue weighted by atomic mass is 19.4. The fraction of sp³-hybridized carbons (Fsp3) is 0.208. The molecule has 0 fully saturated rings. The van der Waals surface area contributed by atoms with Gasteiger partial charge in [0.2, 0.25) is 0 Å². The lowest BCUT2D eigenvalue weighted by atomic mass is 10.0. The van der Waals surface area contributed by atoms with E-state index in [0.717, 1.165) is 18.2 Å². The predicted octanol–water partition coefficient (Wildman–Crippen LogP) is 5.28. The Labute approximate surface area is 185 Å². The van der Waals surface area contributed by atoms with Crippen LogP contribution in [0.2, 0.25) is 0 Å². The molecule has 9 heteroatoms. The van der Waals surface area contributed by atoms with Crippen molar-refractivity contribution in [3.8, 4) is 0 Å². The number of aryl methyl sites for hydroxylation is 1. The molecule has 5 rings (SSSR count). The van der Waals surface area contributed by atoms with Crippen LogP contribution in [-0.2, 0) is 12.6 Å². The van der Waals surface area contributed by atoms with Gasteiger partial charge in [-0.05, 0) is 48.2 Å². The Morgan fingerprint density at radius 1 is 1.12 bits per heavy atom. The lowest BCUT2D eigenvalue weighted by Gasteiger charge is -2.26. The third-order valence-corrected chi connectivity index (χ3v) is 6.25. The molecule has 2 N–H and O–H groups in total. The minimum atomic E-state index is -4.43. The van der Waals surface area contributed by atoms with Gasteiger partial charge in [0.1, 0.15) is 11.6 Å². The molecule has 2 aromatic heterocycles. The van der Waals surface area contributed by atoms with Crippen molar-refractivity contribution in [1.82, 2.24) is 14.9 Å². The van der Waals surface area contributed by atoms with Crippen LogP contribution < -0.4 is 5.73 Å². The quantitative estimate of drug-likeness (QED) is 0.330. The smallest absolute Gasteiger partial charge is 0.383 e. The number of halogens is 4. The topological polar surface area (TPSA) is 72.1 Å². The Kier molecular flexibility index (Phi) is 4.73. The summed E-state index contributed by atoms with van der Waals surface area (Å²) in [5, 5.41) is 1.82. The summed E-state index contributed by atoms with van der Waals surface area (Å²) in [6.07, 6.45) is -0.424. The summed E-state index contributed by atoms with van der Waals surface area (Å²) >= 11 is 0. The molecule has 1 atom stereocenters. The van der Waals surface area contributed by atoms with Gasteiger partial charge in [-0.15, -0.1) is 0 Å². The molecule has 5 nitrogen and oxygen atoms in total. The maximum absolute atomic E-state index is 15.0. The Balaban J connectivity index is 1.54. The molecule has 0 aliphatic heterocycles. The van der Waals surface area contributed by atoms with Gasteiger partial charge in [0.05, 0.1) is 22.7 Å². The summed E-state index contributed by atoms with van der Waals surface area (Å²) in [6.45, 7) is 0. The van der Waals surface area contributed by atoms with Crippen LogP contribution in [-0.4, -0.2) is 27.8 Å². The number of nitrogen functional groups attached to an aromatic ring is 1. The monoisotopic (exact) mass is 454 g/mol. The first-order chi connectivity index (χ1) is 15.6. The van der Waals surface area contributed by atoms with Gasteiger partial charge in [0.25, 0.3) is 5.91 Å². The number of benzene rings is 2. The molecule has 1 aliphatic rings. The van der Waals surface area contributed by atoms with Gasteiger partial charge >= 0.3 is 6.18 Å². The molecule has 2 aromatic carbocycles. The lowest BCUT2D eigenvalue weighted by Crippen LogP contribution is -2.30. The van der Waals surface area contributed by atoms with Crippen LogP contribution in [0.3, 0.4) is 0 Å². The number of nitrogens with two attached hydrogens (primary N) is 1. The first-order valence-electron chi connectivity index (χ1n) is 10.2. The van der Waals surface area contributed by atoms with E-state index in [1.165, 1.54) is 24.1 Å². The van der Waals surface area contributed by atoms with E-state index < -0.39 is 29.5 Å². The molecule has 1 unspecified atom stereocenters. The molecule has 33 heavy (non-hydrogen) atoms.